The second kappa shape index (κ2) is 1.81. The minimum absolute atomic E-state index is 0.125. The zero-order valence-corrected chi connectivity index (χ0v) is 6.76. The van der Waals surface area contributed by atoms with Crippen LogP contribution in [0.3, 0.4) is 0 Å². The van der Waals surface area contributed by atoms with Crippen molar-refractivity contribution in [2.24, 2.45) is 11.8 Å². The Morgan fingerprint density at radius 2 is 1.36 bits per heavy atom. The van der Waals surface area contributed by atoms with Crippen molar-refractivity contribution in [3.8, 4) is 0 Å². The average Bonchev–Trinajstić information content (AvgIpc) is 2.40. The van der Waals surface area contributed by atoms with E-state index in [0.717, 1.165) is 17.6 Å². The van der Waals surface area contributed by atoms with Crippen molar-refractivity contribution in [1.29, 1.82) is 0 Å². The van der Waals surface area contributed by atoms with E-state index in [0.29, 0.717) is 11.5 Å². The minimum atomic E-state index is 0.125. The van der Waals surface area contributed by atoms with E-state index in [9.17, 15) is 10.2 Å². The number of aliphatic hydroxyl groups excluding tert-OH is 2. The molecule has 2 N–H and O–H groups in total. The number of hydrogen-bond acceptors (Lipinski definition) is 2. The lowest BCUT2D eigenvalue weighted by atomic mass is 9.98. The maximum atomic E-state index is 9.51. The van der Waals surface area contributed by atoms with Crippen molar-refractivity contribution < 1.29 is 10.2 Å². The lowest BCUT2D eigenvalue weighted by molar-refractivity contribution is 0.340. The highest BCUT2D eigenvalue weighted by Gasteiger charge is 2.42. The van der Waals surface area contributed by atoms with Crippen molar-refractivity contribution >= 4 is 0 Å². The minimum Gasteiger partial charge on any atom is -0.512 e. The number of allylic oxidation sites excluding steroid dienone is 2. The molecular weight excluding hydrogens is 140 g/mol. The summed E-state index contributed by atoms with van der Waals surface area (Å²) in [7, 11) is 0. The van der Waals surface area contributed by atoms with Gasteiger partial charge in [-0.3, -0.25) is 0 Å². The Bertz CT molecular complexity index is 221. The fraction of sp³-hybridized carbons (Fsp3) is 0.556. The van der Waals surface area contributed by atoms with Gasteiger partial charge in [-0.1, -0.05) is 0 Å². The summed E-state index contributed by atoms with van der Waals surface area (Å²) in [4.78, 5) is 0. The van der Waals surface area contributed by atoms with Gasteiger partial charge in [0, 0.05) is 11.8 Å². The number of rotatable bonds is 0. The van der Waals surface area contributed by atoms with E-state index in [1.165, 1.54) is 0 Å². The smallest absolute Gasteiger partial charge is 0.0992 e. The molecule has 0 aromatic carbocycles. The van der Waals surface area contributed by atoms with Gasteiger partial charge in [0.1, 0.15) is 0 Å². The summed E-state index contributed by atoms with van der Waals surface area (Å²) < 4.78 is 0. The Morgan fingerprint density at radius 1 is 1.00 bits per heavy atom. The largest absolute Gasteiger partial charge is 0.512 e. The highest BCUT2D eigenvalue weighted by molar-refractivity contribution is 5.39. The molecule has 0 saturated carbocycles. The summed E-state index contributed by atoms with van der Waals surface area (Å²) >= 11 is 0. The predicted molar refractivity (Wildman–Crippen MR) is 42.3 cm³/mol. The van der Waals surface area contributed by atoms with Gasteiger partial charge in [0.25, 0.3) is 0 Å². The van der Waals surface area contributed by atoms with E-state index >= 15 is 0 Å². The molecule has 0 spiro atoms. The SMILES string of the molecule is CC1=C(O)C2CC1C(O)=C2C. The fourth-order valence-corrected chi connectivity index (χ4v) is 2.13. The molecule has 2 aliphatic carbocycles. The molecule has 0 radical (unpaired) electrons. The Hall–Kier alpha value is -0.920. The average molecular weight is 152 g/mol. The quantitative estimate of drug-likeness (QED) is 0.559. The van der Waals surface area contributed by atoms with Gasteiger partial charge < -0.3 is 10.2 Å². The van der Waals surface area contributed by atoms with Crippen molar-refractivity contribution in [2.45, 2.75) is 20.3 Å². The molecular formula is C9H12O2. The summed E-state index contributed by atoms with van der Waals surface area (Å²) in [6.07, 6.45) is 0.884. The van der Waals surface area contributed by atoms with Gasteiger partial charge >= 0.3 is 0 Å². The number of fused-ring (bicyclic) bond motifs is 2. The van der Waals surface area contributed by atoms with Crippen molar-refractivity contribution in [2.75, 3.05) is 0 Å². The highest BCUT2D eigenvalue weighted by Crippen LogP contribution is 2.49. The van der Waals surface area contributed by atoms with Crippen LogP contribution >= 0.6 is 0 Å². The molecule has 60 valence electrons. The summed E-state index contributed by atoms with van der Waals surface area (Å²) in [6, 6.07) is 0. The first-order valence-corrected chi connectivity index (χ1v) is 3.92. The Morgan fingerprint density at radius 3 is 1.64 bits per heavy atom. The third kappa shape index (κ3) is 0.621. The highest BCUT2D eigenvalue weighted by atomic mass is 16.3. The number of hydrogen-bond donors (Lipinski definition) is 2. The second-order valence-corrected chi connectivity index (χ2v) is 3.48. The second-order valence-electron chi connectivity index (χ2n) is 3.48. The summed E-state index contributed by atoms with van der Waals surface area (Å²) in [5.74, 6) is 1.23. The molecule has 0 aromatic rings. The molecule has 0 fully saturated rings. The van der Waals surface area contributed by atoms with Gasteiger partial charge in [-0.15, -0.1) is 0 Å². The van der Waals surface area contributed by atoms with Crippen LogP contribution in [-0.4, -0.2) is 10.2 Å². The zero-order valence-electron chi connectivity index (χ0n) is 6.76. The van der Waals surface area contributed by atoms with Crippen LogP contribution < -0.4 is 0 Å². The van der Waals surface area contributed by atoms with Crippen LogP contribution in [0.15, 0.2) is 22.7 Å². The molecule has 2 heteroatoms. The molecule has 2 aliphatic rings. The van der Waals surface area contributed by atoms with Crippen LogP contribution in [-0.2, 0) is 0 Å². The Labute approximate surface area is 65.9 Å². The maximum Gasteiger partial charge on any atom is 0.0992 e. The summed E-state index contributed by atoms with van der Waals surface area (Å²) in [6.45, 7) is 3.78. The van der Waals surface area contributed by atoms with Gasteiger partial charge in [0.15, 0.2) is 0 Å². The Kier molecular flexibility index (Phi) is 1.12. The standard InChI is InChI=1S/C9H12O2/c1-4-6-3-7(8(4)10)5(2)9(6)11/h6-7,10-11H,3H2,1-2H3. The van der Waals surface area contributed by atoms with Crippen molar-refractivity contribution in [3.63, 3.8) is 0 Å². The van der Waals surface area contributed by atoms with E-state index in [4.69, 9.17) is 0 Å². The van der Waals surface area contributed by atoms with Crippen molar-refractivity contribution in [3.05, 3.63) is 22.7 Å². The molecule has 2 unspecified atom stereocenters. The van der Waals surface area contributed by atoms with Crippen LogP contribution in [0.5, 0.6) is 0 Å². The van der Waals surface area contributed by atoms with Crippen LogP contribution in [0.1, 0.15) is 20.3 Å². The molecule has 2 nitrogen and oxygen atoms in total. The molecule has 2 bridgehead atoms. The molecule has 0 aliphatic heterocycles. The van der Waals surface area contributed by atoms with Gasteiger partial charge in [-0.05, 0) is 31.4 Å². The third-order valence-electron chi connectivity index (χ3n) is 2.98. The topological polar surface area (TPSA) is 40.5 Å². The van der Waals surface area contributed by atoms with Gasteiger partial charge in [-0.2, -0.15) is 0 Å². The summed E-state index contributed by atoms with van der Waals surface area (Å²) in [5, 5.41) is 19.0. The van der Waals surface area contributed by atoms with Gasteiger partial charge in [0.05, 0.1) is 11.5 Å². The number of aliphatic hydroxyl groups is 2. The van der Waals surface area contributed by atoms with Gasteiger partial charge in [0.2, 0.25) is 0 Å². The van der Waals surface area contributed by atoms with Crippen LogP contribution in [0.25, 0.3) is 0 Å². The first kappa shape index (κ1) is 6.77. The van der Waals surface area contributed by atoms with E-state index in [1.54, 1.807) is 0 Å². The third-order valence-corrected chi connectivity index (χ3v) is 2.98. The lowest BCUT2D eigenvalue weighted by Crippen LogP contribution is -2.04. The van der Waals surface area contributed by atoms with E-state index < -0.39 is 0 Å². The van der Waals surface area contributed by atoms with Gasteiger partial charge in [-0.25, -0.2) is 0 Å². The van der Waals surface area contributed by atoms with E-state index in [1.807, 2.05) is 13.8 Å². The first-order valence-electron chi connectivity index (χ1n) is 3.92. The maximum absolute atomic E-state index is 9.51. The lowest BCUT2D eigenvalue weighted by Gasteiger charge is -2.13. The molecule has 0 saturated heterocycles. The Balaban J connectivity index is 2.46. The summed E-state index contributed by atoms with van der Waals surface area (Å²) in [5.41, 5.74) is 1.91. The first-order chi connectivity index (χ1) is 5.13. The molecule has 2 atom stereocenters. The molecule has 2 rings (SSSR count). The molecule has 0 heterocycles. The molecule has 0 aromatic heterocycles. The predicted octanol–water partition coefficient (Wildman–Crippen LogP) is 2.30. The fourth-order valence-electron chi connectivity index (χ4n) is 2.13. The van der Waals surface area contributed by atoms with Crippen LogP contribution in [0, 0.1) is 11.8 Å². The normalized spacial score (nSPS) is 35.8. The van der Waals surface area contributed by atoms with Crippen molar-refractivity contribution in [1.82, 2.24) is 0 Å². The van der Waals surface area contributed by atoms with E-state index in [2.05, 4.69) is 0 Å². The van der Waals surface area contributed by atoms with E-state index in [-0.39, 0.29) is 11.8 Å². The monoisotopic (exact) mass is 152 g/mol. The zero-order chi connectivity index (χ0) is 8.17. The molecule has 11 heavy (non-hydrogen) atoms. The van der Waals surface area contributed by atoms with Crippen LogP contribution in [0.2, 0.25) is 0 Å². The van der Waals surface area contributed by atoms with Crippen LogP contribution in [0.4, 0.5) is 0 Å². The molecule has 0 amide bonds.